The Balaban J connectivity index is 1.88. The SMILES string of the molecule is CC(C)CCOCC(NC1CC1)(C(=O)O)C1CC1. The van der Waals surface area contributed by atoms with Gasteiger partial charge in [0.15, 0.2) is 0 Å². The molecule has 2 saturated carbocycles. The Morgan fingerprint density at radius 2 is 2.06 bits per heavy atom. The van der Waals surface area contributed by atoms with Crippen molar-refractivity contribution in [2.75, 3.05) is 13.2 Å². The molecule has 18 heavy (non-hydrogen) atoms. The molecule has 0 amide bonds. The molecule has 0 aromatic carbocycles. The Hall–Kier alpha value is -0.610. The standard InChI is InChI=1S/C14H25NO3/c1-10(2)7-8-18-9-14(13(16)17,11-3-4-11)15-12-5-6-12/h10-12,15H,3-9H2,1-2H3,(H,16,17). The average molecular weight is 255 g/mol. The molecule has 4 nitrogen and oxygen atoms in total. The van der Waals surface area contributed by atoms with Crippen LogP contribution in [0.1, 0.15) is 46.0 Å². The highest BCUT2D eigenvalue weighted by atomic mass is 16.5. The second-order valence-corrected chi connectivity index (χ2v) is 6.20. The van der Waals surface area contributed by atoms with E-state index < -0.39 is 11.5 Å². The molecule has 2 fully saturated rings. The third-order valence-corrected chi connectivity index (χ3v) is 3.86. The van der Waals surface area contributed by atoms with Crippen LogP contribution in [0.25, 0.3) is 0 Å². The highest BCUT2D eigenvalue weighted by Crippen LogP contribution is 2.42. The molecular formula is C14H25NO3. The molecule has 2 N–H and O–H groups in total. The van der Waals surface area contributed by atoms with Crippen molar-refractivity contribution >= 4 is 5.97 Å². The smallest absolute Gasteiger partial charge is 0.326 e. The molecule has 2 aliphatic rings. The van der Waals surface area contributed by atoms with Crippen molar-refractivity contribution in [3.05, 3.63) is 0 Å². The van der Waals surface area contributed by atoms with Crippen LogP contribution < -0.4 is 5.32 Å². The predicted molar refractivity (Wildman–Crippen MR) is 69.5 cm³/mol. The summed E-state index contributed by atoms with van der Waals surface area (Å²) < 4.78 is 5.66. The first-order valence-electron chi connectivity index (χ1n) is 7.13. The van der Waals surface area contributed by atoms with Crippen molar-refractivity contribution < 1.29 is 14.6 Å². The fraction of sp³-hybridized carbons (Fsp3) is 0.929. The van der Waals surface area contributed by atoms with E-state index in [0.717, 1.165) is 32.1 Å². The Morgan fingerprint density at radius 1 is 1.39 bits per heavy atom. The normalized spacial score (nSPS) is 23.1. The second kappa shape index (κ2) is 5.57. The van der Waals surface area contributed by atoms with Crippen LogP contribution in [0.2, 0.25) is 0 Å². The van der Waals surface area contributed by atoms with Gasteiger partial charge in [-0.05, 0) is 43.9 Å². The highest BCUT2D eigenvalue weighted by molar-refractivity contribution is 5.80. The van der Waals surface area contributed by atoms with Gasteiger partial charge in [-0.2, -0.15) is 0 Å². The molecule has 1 unspecified atom stereocenters. The van der Waals surface area contributed by atoms with Gasteiger partial charge < -0.3 is 9.84 Å². The van der Waals surface area contributed by atoms with Crippen LogP contribution in [0.3, 0.4) is 0 Å². The van der Waals surface area contributed by atoms with Crippen LogP contribution in [0.5, 0.6) is 0 Å². The van der Waals surface area contributed by atoms with E-state index in [-0.39, 0.29) is 5.92 Å². The van der Waals surface area contributed by atoms with E-state index >= 15 is 0 Å². The molecule has 2 rings (SSSR count). The van der Waals surface area contributed by atoms with E-state index in [1.807, 2.05) is 0 Å². The van der Waals surface area contributed by atoms with Gasteiger partial charge in [0.1, 0.15) is 5.54 Å². The molecule has 0 radical (unpaired) electrons. The van der Waals surface area contributed by atoms with E-state index in [2.05, 4.69) is 19.2 Å². The average Bonchev–Trinajstić information content (AvgIpc) is 3.14. The maximum atomic E-state index is 11.7. The summed E-state index contributed by atoms with van der Waals surface area (Å²) in [6.45, 7) is 5.27. The minimum atomic E-state index is -0.821. The van der Waals surface area contributed by atoms with Gasteiger partial charge in [-0.3, -0.25) is 10.1 Å². The number of carbonyl (C=O) groups is 1. The number of nitrogens with one attached hydrogen (secondary N) is 1. The summed E-state index contributed by atoms with van der Waals surface area (Å²) in [5, 5.41) is 12.9. The van der Waals surface area contributed by atoms with Gasteiger partial charge in [-0.25, -0.2) is 0 Å². The molecule has 0 saturated heterocycles. The summed E-state index contributed by atoms with van der Waals surface area (Å²) >= 11 is 0. The lowest BCUT2D eigenvalue weighted by Gasteiger charge is -2.31. The van der Waals surface area contributed by atoms with Crippen LogP contribution in [0.15, 0.2) is 0 Å². The quantitative estimate of drug-likeness (QED) is 0.619. The zero-order chi connectivity index (χ0) is 13.2. The number of rotatable bonds is 9. The van der Waals surface area contributed by atoms with Crippen LogP contribution in [-0.2, 0) is 9.53 Å². The third kappa shape index (κ3) is 3.45. The van der Waals surface area contributed by atoms with E-state index in [0.29, 0.717) is 25.2 Å². The van der Waals surface area contributed by atoms with Gasteiger partial charge in [-0.15, -0.1) is 0 Å². The summed E-state index contributed by atoms with van der Waals surface area (Å²) in [4.78, 5) is 11.7. The van der Waals surface area contributed by atoms with E-state index in [4.69, 9.17) is 4.74 Å². The first kappa shape index (κ1) is 13.8. The van der Waals surface area contributed by atoms with E-state index in [9.17, 15) is 9.90 Å². The lowest BCUT2D eigenvalue weighted by atomic mass is 9.94. The maximum absolute atomic E-state index is 11.7. The van der Waals surface area contributed by atoms with Crippen molar-refractivity contribution in [2.45, 2.75) is 57.5 Å². The monoisotopic (exact) mass is 255 g/mol. The predicted octanol–water partition coefficient (Wildman–Crippen LogP) is 2.03. The number of carboxylic acid groups (broad SMARTS) is 1. The molecule has 0 aromatic heterocycles. The van der Waals surface area contributed by atoms with Crippen LogP contribution in [0, 0.1) is 11.8 Å². The Kier molecular flexibility index (Phi) is 4.28. The second-order valence-electron chi connectivity index (χ2n) is 6.20. The van der Waals surface area contributed by atoms with Gasteiger partial charge in [0, 0.05) is 12.6 Å². The van der Waals surface area contributed by atoms with Crippen LogP contribution >= 0.6 is 0 Å². The van der Waals surface area contributed by atoms with Gasteiger partial charge >= 0.3 is 5.97 Å². The van der Waals surface area contributed by atoms with Gasteiger partial charge in [0.25, 0.3) is 0 Å². The molecule has 4 heteroatoms. The number of carboxylic acids is 1. The number of hydrogen-bond acceptors (Lipinski definition) is 3. The molecule has 0 aromatic rings. The van der Waals surface area contributed by atoms with E-state index in [1.165, 1.54) is 0 Å². The zero-order valence-electron chi connectivity index (χ0n) is 11.4. The van der Waals surface area contributed by atoms with Crippen molar-refractivity contribution in [1.82, 2.24) is 5.32 Å². The van der Waals surface area contributed by atoms with Crippen LogP contribution in [-0.4, -0.2) is 35.9 Å². The molecule has 0 heterocycles. The lowest BCUT2D eigenvalue weighted by Crippen LogP contribution is -2.58. The third-order valence-electron chi connectivity index (χ3n) is 3.86. The first-order chi connectivity index (χ1) is 8.54. The largest absolute Gasteiger partial charge is 0.480 e. The summed E-state index contributed by atoms with van der Waals surface area (Å²) in [7, 11) is 0. The molecule has 0 spiro atoms. The maximum Gasteiger partial charge on any atom is 0.326 e. The van der Waals surface area contributed by atoms with Crippen molar-refractivity contribution in [1.29, 1.82) is 0 Å². The summed E-state index contributed by atoms with van der Waals surface area (Å²) in [5.74, 6) is 0.123. The van der Waals surface area contributed by atoms with Crippen molar-refractivity contribution in [2.24, 2.45) is 11.8 Å². The molecular weight excluding hydrogens is 230 g/mol. The Morgan fingerprint density at radius 3 is 2.50 bits per heavy atom. The van der Waals surface area contributed by atoms with Crippen molar-refractivity contribution in [3.8, 4) is 0 Å². The van der Waals surface area contributed by atoms with Gasteiger partial charge in [0.05, 0.1) is 6.61 Å². The molecule has 0 aliphatic heterocycles. The topological polar surface area (TPSA) is 58.6 Å². The van der Waals surface area contributed by atoms with Crippen molar-refractivity contribution in [3.63, 3.8) is 0 Å². The summed E-state index contributed by atoms with van der Waals surface area (Å²) in [6, 6.07) is 0.399. The van der Waals surface area contributed by atoms with Crippen LogP contribution in [0.4, 0.5) is 0 Å². The number of hydrogen-bond donors (Lipinski definition) is 2. The molecule has 0 bridgehead atoms. The van der Waals surface area contributed by atoms with Gasteiger partial charge in [0.2, 0.25) is 0 Å². The minimum Gasteiger partial charge on any atom is -0.480 e. The number of ether oxygens (including phenoxy) is 1. The molecule has 104 valence electrons. The Labute approximate surface area is 109 Å². The highest BCUT2D eigenvalue weighted by Gasteiger charge is 2.53. The first-order valence-corrected chi connectivity index (χ1v) is 7.13. The fourth-order valence-corrected chi connectivity index (χ4v) is 2.30. The number of aliphatic carboxylic acids is 1. The van der Waals surface area contributed by atoms with E-state index in [1.54, 1.807) is 0 Å². The minimum absolute atomic E-state index is 0.259. The molecule has 1 atom stereocenters. The Bertz CT molecular complexity index is 297. The van der Waals surface area contributed by atoms with Gasteiger partial charge in [-0.1, -0.05) is 13.8 Å². The molecule has 2 aliphatic carbocycles. The summed E-state index contributed by atoms with van der Waals surface area (Å²) in [5.41, 5.74) is -0.821. The fourth-order valence-electron chi connectivity index (χ4n) is 2.30. The summed E-state index contributed by atoms with van der Waals surface area (Å²) in [6.07, 6.45) is 5.23. The lowest BCUT2D eigenvalue weighted by molar-refractivity contribution is -0.149. The zero-order valence-corrected chi connectivity index (χ0v) is 11.4.